The molecule has 0 spiro atoms. The van der Waals surface area contributed by atoms with Crippen molar-refractivity contribution in [3.63, 3.8) is 0 Å². The van der Waals surface area contributed by atoms with Crippen LogP contribution in [0.1, 0.15) is 40.0 Å². The molecule has 0 aliphatic carbocycles. The smallest absolute Gasteiger partial charge is 0.357 e. The first-order valence-electron chi connectivity index (χ1n) is 7.74. The van der Waals surface area contributed by atoms with Gasteiger partial charge >= 0.3 is 6.18 Å². The standard InChI is InChI=1S/C14H29F3N4.HI/c1-4-18-13(20-11-9-14(15,16)17)19-10-7-8-12-21(5-2)6-3;/h4-12H2,1-3H3,(H2,18,19,20);1H. The van der Waals surface area contributed by atoms with Gasteiger partial charge in [-0.3, -0.25) is 4.99 Å². The monoisotopic (exact) mass is 438 g/mol. The summed E-state index contributed by atoms with van der Waals surface area (Å²) < 4.78 is 36.2. The van der Waals surface area contributed by atoms with E-state index in [1.165, 1.54) is 0 Å². The summed E-state index contributed by atoms with van der Waals surface area (Å²) in [7, 11) is 0. The molecule has 0 radical (unpaired) electrons. The molecule has 0 saturated heterocycles. The second-order valence-electron chi connectivity index (χ2n) is 4.79. The molecule has 4 nitrogen and oxygen atoms in total. The number of unbranched alkanes of at least 4 members (excludes halogenated alkanes) is 1. The zero-order valence-corrected chi connectivity index (χ0v) is 16.1. The number of aliphatic imine (C=N–C) groups is 1. The van der Waals surface area contributed by atoms with Crippen LogP contribution in [-0.4, -0.2) is 56.3 Å². The molecule has 0 aromatic rings. The van der Waals surface area contributed by atoms with E-state index in [0.717, 1.165) is 32.5 Å². The molecule has 0 aliphatic heterocycles. The predicted octanol–water partition coefficient (Wildman–Crippen LogP) is 3.23. The molecule has 0 amide bonds. The van der Waals surface area contributed by atoms with Crippen molar-refractivity contribution in [2.45, 2.75) is 46.2 Å². The van der Waals surface area contributed by atoms with Crippen LogP contribution in [-0.2, 0) is 0 Å². The van der Waals surface area contributed by atoms with E-state index in [9.17, 15) is 13.2 Å². The van der Waals surface area contributed by atoms with E-state index in [1.807, 2.05) is 6.92 Å². The van der Waals surface area contributed by atoms with Crippen LogP contribution in [0.2, 0.25) is 0 Å². The number of guanidine groups is 1. The quantitative estimate of drug-likeness (QED) is 0.238. The van der Waals surface area contributed by atoms with Crippen molar-refractivity contribution in [2.24, 2.45) is 4.99 Å². The Kier molecular flexibility index (Phi) is 15.7. The molecule has 0 fully saturated rings. The summed E-state index contributed by atoms with van der Waals surface area (Å²) in [5.74, 6) is 0.463. The summed E-state index contributed by atoms with van der Waals surface area (Å²) in [4.78, 5) is 6.63. The summed E-state index contributed by atoms with van der Waals surface area (Å²) in [5, 5.41) is 5.66. The Morgan fingerprint density at radius 1 is 1.05 bits per heavy atom. The average molecular weight is 438 g/mol. The van der Waals surface area contributed by atoms with Gasteiger partial charge in [0, 0.05) is 19.6 Å². The molecule has 0 bridgehead atoms. The highest BCUT2D eigenvalue weighted by Gasteiger charge is 2.26. The third kappa shape index (κ3) is 14.7. The van der Waals surface area contributed by atoms with E-state index >= 15 is 0 Å². The van der Waals surface area contributed by atoms with Crippen LogP contribution in [0.15, 0.2) is 4.99 Å². The van der Waals surface area contributed by atoms with Gasteiger partial charge in [0.25, 0.3) is 0 Å². The first-order valence-corrected chi connectivity index (χ1v) is 7.74. The molecule has 134 valence electrons. The van der Waals surface area contributed by atoms with E-state index in [1.54, 1.807) is 0 Å². The van der Waals surface area contributed by atoms with Crippen LogP contribution in [0.4, 0.5) is 13.2 Å². The van der Waals surface area contributed by atoms with Gasteiger partial charge in [0.1, 0.15) is 0 Å². The first-order chi connectivity index (χ1) is 9.92. The minimum absolute atomic E-state index is 0. The fourth-order valence-corrected chi connectivity index (χ4v) is 1.84. The van der Waals surface area contributed by atoms with Crippen molar-refractivity contribution < 1.29 is 13.2 Å². The lowest BCUT2D eigenvalue weighted by Crippen LogP contribution is -2.39. The molecule has 0 aromatic carbocycles. The molecule has 0 unspecified atom stereocenters. The minimum atomic E-state index is -4.13. The summed E-state index contributed by atoms with van der Waals surface area (Å²) in [5.41, 5.74) is 0. The number of nitrogens with one attached hydrogen (secondary N) is 2. The van der Waals surface area contributed by atoms with Gasteiger partial charge in [0.2, 0.25) is 0 Å². The van der Waals surface area contributed by atoms with Crippen molar-refractivity contribution in [1.29, 1.82) is 0 Å². The maximum absolute atomic E-state index is 12.1. The normalized spacial score (nSPS) is 12.2. The third-order valence-corrected chi connectivity index (χ3v) is 3.09. The highest BCUT2D eigenvalue weighted by molar-refractivity contribution is 14.0. The Labute approximate surface area is 149 Å². The first kappa shape index (κ1) is 24.0. The lowest BCUT2D eigenvalue weighted by atomic mass is 10.3. The Morgan fingerprint density at radius 3 is 2.18 bits per heavy atom. The predicted molar refractivity (Wildman–Crippen MR) is 97.1 cm³/mol. The molecule has 0 atom stereocenters. The van der Waals surface area contributed by atoms with Gasteiger partial charge in [-0.15, -0.1) is 24.0 Å². The van der Waals surface area contributed by atoms with Gasteiger partial charge in [-0.25, -0.2) is 0 Å². The largest absolute Gasteiger partial charge is 0.390 e. The number of rotatable bonds is 10. The van der Waals surface area contributed by atoms with Crippen LogP contribution in [0.5, 0.6) is 0 Å². The Balaban J connectivity index is 0. The van der Waals surface area contributed by atoms with Gasteiger partial charge in [0.05, 0.1) is 6.42 Å². The zero-order chi connectivity index (χ0) is 16.1. The van der Waals surface area contributed by atoms with Crippen LogP contribution >= 0.6 is 24.0 Å². The highest BCUT2D eigenvalue weighted by Crippen LogP contribution is 2.17. The van der Waals surface area contributed by atoms with Gasteiger partial charge < -0.3 is 15.5 Å². The molecule has 0 saturated carbocycles. The number of alkyl halides is 3. The van der Waals surface area contributed by atoms with Crippen LogP contribution in [0.3, 0.4) is 0 Å². The molecular weight excluding hydrogens is 408 g/mol. The van der Waals surface area contributed by atoms with E-state index in [-0.39, 0.29) is 30.5 Å². The van der Waals surface area contributed by atoms with Gasteiger partial charge in [0.15, 0.2) is 5.96 Å². The molecule has 22 heavy (non-hydrogen) atoms. The Bertz CT molecular complexity index is 282. The van der Waals surface area contributed by atoms with E-state index in [4.69, 9.17) is 0 Å². The van der Waals surface area contributed by atoms with Crippen LogP contribution in [0.25, 0.3) is 0 Å². The zero-order valence-electron chi connectivity index (χ0n) is 13.8. The fourth-order valence-electron chi connectivity index (χ4n) is 1.84. The van der Waals surface area contributed by atoms with E-state index < -0.39 is 12.6 Å². The lowest BCUT2D eigenvalue weighted by molar-refractivity contribution is -0.132. The molecule has 0 rings (SSSR count). The highest BCUT2D eigenvalue weighted by atomic mass is 127. The minimum Gasteiger partial charge on any atom is -0.357 e. The maximum Gasteiger partial charge on any atom is 0.390 e. The number of halogens is 4. The molecule has 8 heteroatoms. The topological polar surface area (TPSA) is 39.7 Å². The molecule has 0 aromatic heterocycles. The van der Waals surface area contributed by atoms with Gasteiger partial charge in [-0.05, 0) is 39.4 Å². The fraction of sp³-hybridized carbons (Fsp3) is 0.929. The third-order valence-electron chi connectivity index (χ3n) is 3.09. The van der Waals surface area contributed by atoms with Crippen LogP contribution < -0.4 is 10.6 Å². The average Bonchev–Trinajstić information content (AvgIpc) is 2.41. The van der Waals surface area contributed by atoms with E-state index in [2.05, 4.69) is 34.4 Å². The Hall–Kier alpha value is -0.250. The lowest BCUT2D eigenvalue weighted by Gasteiger charge is -2.17. The summed E-state index contributed by atoms with van der Waals surface area (Å²) in [6.07, 6.45) is -2.99. The summed E-state index contributed by atoms with van der Waals surface area (Å²) in [6, 6.07) is 0. The SMILES string of the molecule is CCNC(=NCCCCN(CC)CC)NCCC(F)(F)F.I. The molecule has 2 N–H and O–H groups in total. The number of hydrogen-bond acceptors (Lipinski definition) is 2. The van der Waals surface area contributed by atoms with Crippen molar-refractivity contribution in [3.05, 3.63) is 0 Å². The van der Waals surface area contributed by atoms with Gasteiger partial charge in [-0.1, -0.05) is 13.8 Å². The van der Waals surface area contributed by atoms with E-state index in [0.29, 0.717) is 19.0 Å². The molecular formula is C14H30F3IN4. The van der Waals surface area contributed by atoms with Crippen molar-refractivity contribution in [3.8, 4) is 0 Å². The van der Waals surface area contributed by atoms with Crippen LogP contribution in [0, 0.1) is 0 Å². The number of hydrogen-bond donors (Lipinski definition) is 2. The number of nitrogens with zero attached hydrogens (tertiary/aromatic N) is 2. The van der Waals surface area contributed by atoms with Crippen molar-refractivity contribution >= 4 is 29.9 Å². The second-order valence-corrected chi connectivity index (χ2v) is 4.79. The Morgan fingerprint density at radius 2 is 1.68 bits per heavy atom. The van der Waals surface area contributed by atoms with Gasteiger partial charge in [-0.2, -0.15) is 13.2 Å². The molecule has 0 heterocycles. The summed E-state index contributed by atoms with van der Waals surface area (Å²) >= 11 is 0. The molecule has 0 aliphatic rings. The second kappa shape index (κ2) is 14.3. The summed E-state index contributed by atoms with van der Waals surface area (Å²) in [6.45, 7) is 10.4. The maximum atomic E-state index is 12.1. The van der Waals surface area contributed by atoms with Crippen molar-refractivity contribution in [1.82, 2.24) is 15.5 Å². The van der Waals surface area contributed by atoms with Crippen molar-refractivity contribution in [2.75, 3.05) is 39.3 Å².